The van der Waals surface area contributed by atoms with Gasteiger partial charge >= 0.3 is 12.1 Å². The van der Waals surface area contributed by atoms with Gasteiger partial charge in [0.15, 0.2) is 0 Å². The van der Waals surface area contributed by atoms with Crippen LogP contribution < -0.4 is 16.1 Å². The van der Waals surface area contributed by atoms with Gasteiger partial charge in [-0.3, -0.25) is 20.0 Å². The lowest BCUT2D eigenvalue weighted by Gasteiger charge is -2.36. The molecule has 1 aromatic carbocycles. The number of urea groups is 1. The molecule has 5 N–H and O–H groups in total. The van der Waals surface area contributed by atoms with Crippen molar-refractivity contribution < 1.29 is 29.4 Å². The van der Waals surface area contributed by atoms with Crippen LogP contribution in [-0.4, -0.2) is 109 Å². The zero-order valence-electron chi connectivity index (χ0n) is 34.0. The summed E-state index contributed by atoms with van der Waals surface area (Å²) >= 11 is 1.49. The molecule has 56 heavy (non-hydrogen) atoms. The number of benzene rings is 1. The van der Waals surface area contributed by atoms with Gasteiger partial charge in [-0.05, 0) is 47.3 Å². The van der Waals surface area contributed by atoms with E-state index in [9.17, 15) is 29.4 Å². The predicted octanol–water partition coefficient (Wildman–Crippen LogP) is 5.40. The molecule has 5 atom stereocenters. The van der Waals surface area contributed by atoms with Gasteiger partial charge in [0.05, 0.1) is 24.4 Å². The highest BCUT2D eigenvalue weighted by molar-refractivity contribution is 7.13. The van der Waals surface area contributed by atoms with Gasteiger partial charge in [-0.25, -0.2) is 19.6 Å². The Morgan fingerprint density at radius 1 is 1.00 bits per heavy atom. The Bertz CT molecular complexity index is 1750. The number of nitrogens with one attached hydrogen (secondary N) is 3. The Kier molecular flexibility index (Phi) is 15.4. The second kappa shape index (κ2) is 19.5. The molecule has 1 aliphatic rings. The second-order valence-electron chi connectivity index (χ2n) is 17.0. The first-order valence-corrected chi connectivity index (χ1v) is 20.2. The van der Waals surface area contributed by atoms with Gasteiger partial charge in [0.25, 0.3) is 5.91 Å². The van der Waals surface area contributed by atoms with E-state index in [0.29, 0.717) is 39.0 Å². The SMILES string of the molecule is CC[C@H](C)[C@@H](C(=O)N[C@@H](Cc1ccccc1)[C@@H](O)CN(CCC(C)(C)C)NC(=O)[C@@H](NC(=O)O)C(C)(C)C)N1CCN(Cc2csc(-c3cccnc3)n2)C1=O. The van der Waals surface area contributed by atoms with Crippen LogP contribution in [0.5, 0.6) is 0 Å². The molecule has 0 unspecified atom stereocenters. The summed E-state index contributed by atoms with van der Waals surface area (Å²) in [7, 11) is 0. The smallest absolute Gasteiger partial charge is 0.405 e. The molecule has 3 heterocycles. The molecule has 0 radical (unpaired) electrons. The summed E-state index contributed by atoms with van der Waals surface area (Å²) in [6.45, 7) is 16.8. The Labute approximate surface area is 335 Å². The number of nitrogens with zero attached hydrogens (tertiary/aromatic N) is 5. The van der Waals surface area contributed by atoms with E-state index in [1.807, 2.05) is 61.7 Å². The maximum atomic E-state index is 14.4. The number of hydrogen-bond acceptors (Lipinski definition) is 9. The standard InChI is InChI=1S/C41H60N8O6S/c1-9-27(2)33(49-21-20-47(39(49)55)24-30-26-56-37(43-30)29-16-13-18-42-23-29)35(51)44-31(22-28-14-11-10-12-15-28)32(50)25-48(19-17-40(3,4)5)46-36(52)34(41(6,7)8)45-38(53)54/h10-16,18,23,26-27,31-34,45,50H,9,17,19-22,24-25H2,1-8H3,(H,44,51)(H,46,52)(H,53,54)/t27-,31-,32-,33-,34+/m0/s1. The minimum absolute atomic E-state index is 0.0529. The van der Waals surface area contributed by atoms with Crippen LogP contribution in [0.1, 0.15) is 79.5 Å². The van der Waals surface area contributed by atoms with E-state index in [-0.39, 0.29) is 36.2 Å². The van der Waals surface area contributed by atoms with Crippen molar-refractivity contribution in [3.63, 3.8) is 0 Å². The highest BCUT2D eigenvalue weighted by Gasteiger charge is 2.41. The number of aromatic nitrogens is 2. The van der Waals surface area contributed by atoms with E-state index < -0.39 is 41.6 Å². The number of aliphatic hydroxyl groups is 1. The molecule has 2 aromatic heterocycles. The Hall–Kier alpha value is -4.60. The normalized spacial score (nSPS) is 16.3. The first-order chi connectivity index (χ1) is 26.4. The quantitative estimate of drug-likeness (QED) is 0.106. The molecule has 0 aliphatic carbocycles. The number of amides is 5. The lowest BCUT2D eigenvalue weighted by Crippen LogP contribution is -2.60. The number of pyridine rings is 1. The topological polar surface area (TPSA) is 180 Å². The van der Waals surface area contributed by atoms with Crippen LogP contribution >= 0.6 is 11.3 Å². The zero-order chi connectivity index (χ0) is 41.2. The van der Waals surface area contributed by atoms with Crippen molar-refractivity contribution >= 4 is 35.3 Å². The third-order valence-corrected chi connectivity index (χ3v) is 11.0. The second-order valence-corrected chi connectivity index (χ2v) is 17.8. The maximum absolute atomic E-state index is 14.4. The van der Waals surface area contributed by atoms with Crippen LogP contribution in [-0.2, 0) is 22.6 Å². The van der Waals surface area contributed by atoms with Crippen LogP contribution in [0.15, 0.2) is 60.2 Å². The molecule has 5 amide bonds. The van der Waals surface area contributed by atoms with Crippen molar-refractivity contribution in [2.45, 2.75) is 105 Å². The molecule has 14 nitrogen and oxygen atoms in total. The lowest BCUT2D eigenvalue weighted by atomic mass is 9.86. The molecular formula is C41H60N8O6S. The molecule has 0 saturated carbocycles. The van der Waals surface area contributed by atoms with Gasteiger partial charge in [-0.2, -0.15) is 0 Å². The summed E-state index contributed by atoms with van der Waals surface area (Å²) in [5.41, 5.74) is 4.57. The number of carboxylic acid groups (broad SMARTS) is 1. The van der Waals surface area contributed by atoms with E-state index in [4.69, 9.17) is 4.98 Å². The molecule has 0 bridgehead atoms. The van der Waals surface area contributed by atoms with Crippen LogP contribution in [0, 0.1) is 16.7 Å². The Morgan fingerprint density at radius 2 is 1.71 bits per heavy atom. The van der Waals surface area contributed by atoms with E-state index in [1.165, 1.54) is 11.3 Å². The molecule has 1 saturated heterocycles. The van der Waals surface area contributed by atoms with E-state index in [1.54, 1.807) is 48.0 Å². The highest BCUT2D eigenvalue weighted by Crippen LogP contribution is 2.27. The van der Waals surface area contributed by atoms with Crippen molar-refractivity contribution in [3.05, 3.63) is 71.5 Å². The van der Waals surface area contributed by atoms with Gasteiger partial charge < -0.3 is 30.6 Å². The molecule has 15 heteroatoms. The molecule has 306 valence electrons. The molecule has 1 aliphatic heterocycles. The Morgan fingerprint density at radius 3 is 2.32 bits per heavy atom. The molecule has 3 aromatic rings. The summed E-state index contributed by atoms with van der Waals surface area (Å²) < 4.78 is 0. The van der Waals surface area contributed by atoms with E-state index in [2.05, 4.69) is 41.8 Å². The third kappa shape index (κ3) is 12.7. The summed E-state index contributed by atoms with van der Waals surface area (Å²) in [4.78, 5) is 65.8. The van der Waals surface area contributed by atoms with Crippen LogP contribution in [0.2, 0.25) is 0 Å². The van der Waals surface area contributed by atoms with E-state index in [0.717, 1.165) is 21.8 Å². The molecular weight excluding hydrogens is 733 g/mol. The number of rotatable bonds is 18. The zero-order valence-corrected chi connectivity index (χ0v) is 34.8. The van der Waals surface area contributed by atoms with Crippen molar-refractivity contribution in [3.8, 4) is 10.6 Å². The van der Waals surface area contributed by atoms with Crippen LogP contribution in [0.4, 0.5) is 9.59 Å². The fraction of sp³-hybridized carbons (Fsp3) is 0.561. The summed E-state index contributed by atoms with van der Waals surface area (Å²) in [5, 5.41) is 31.2. The Balaban J connectivity index is 1.55. The fourth-order valence-corrected chi connectivity index (χ4v) is 7.39. The number of hydrazine groups is 1. The van der Waals surface area contributed by atoms with E-state index >= 15 is 0 Å². The number of carbonyl (C=O) groups excluding carboxylic acids is 3. The van der Waals surface area contributed by atoms with Gasteiger partial charge in [0, 0.05) is 49.5 Å². The van der Waals surface area contributed by atoms with Crippen molar-refractivity contribution in [1.82, 2.24) is 40.8 Å². The summed E-state index contributed by atoms with van der Waals surface area (Å²) in [6, 6.07) is 10.4. The van der Waals surface area contributed by atoms with Gasteiger partial charge in [0.1, 0.15) is 17.1 Å². The molecule has 1 fully saturated rings. The molecule has 0 spiro atoms. The monoisotopic (exact) mass is 792 g/mol. The van der Waals surface area contributed by atoms with Gasteiger partial charge in [0.2, 0.25) is 5.91 Å². The van der Waals surface area contributed by atoms with Gasteiger partial charge in [-0.1, -0.05) is 92.1 Å². The minimum Gasteiger partial charge on any atom is -0.465 e. The van der Waals surface area contributed by atoms with Crippen LogP contribution in [0.3, 0.4) is 0 Å². The fourth-order valence-electron chi connectivity index (χ4n) is 6.59. The maximum Gasteiger partial charge on any atom is 0.405 e. The van der Waals surface area contributed by atoms with Crippen LogP contribution in [0.25, 0.3) is 10.6 Å². The van der Waals surface area contributed by atoms with Crippen molar-refractivity contribution in [2.75, 3.05) is 26.2 Å². The minimum atomic E-state index is -1.32. The average molecular weight is 793 g/mol. The highest BCUT2D eigenvalue weighted by atomic mass is 32.1. The van der Waals surface area contributed by atoms with Crippen molar-refractivity contribution in [1.29, 1.82) is 0 Å². The number of aliphatic hydroxyl groups excluding tert-OH is 1. The number of hydrogen-bond donors (Lipinski definition) is 5. The lowest BCUT2D eigenvalue weighted by molar-refractivity contribution is -0.132. The largest absolute Gasteiger partial charge is 0.465 e. The summed E-state index contributed by atoms with van der Waals surface area (Å²) in [6.07, 6.45) is 2.56. The van der Waals surface area contributed by atoms with Gasteiger partial charge in [-0.15, -0.1) is 11.3 Å². The molecule has 4 rings (SSSR count). The average Bonchev–Trinajstić information content (AvgIpc) is 3.75. The third-order valence-electron chi connectivity index (χ3n) is 10.0. The number of thiazole rings is 1. The number of carbonyl (C=O) groups is 4. The summed E-state index contributed by atoms with van der Waals surface area (Å²) in [5.74, 6) is -1.11. The first-order valence-electron chi connectivity index (χ1n) is 19.3. The van der Waals surface area contributed by atoms with Crippen molar-refractivity contribution in [2.24, 2.45) is 16.7 Å². The predicted molar refractivity (Wildman–Crippen MR) is 217 cm³/mol. The first kappa shape index (κ1) is 44.1.